The summed E-state index contributed by atoms with van der Waals surface area (Å²) in [6.45, 7) is 0. The Kier molecular flexibility index (Phi) is 4.07. The fourth-order valence-electron chi connectivity index (χ4n) is 1.33. The Morgan fingerprint density at radius 1 is 1.05 bits per heavy atom. The summed E-state index contributed by atoms with van der Waals surface area (Å²) in [5.41, 5.74) is 1.50. The SMILES string of the molecule is O=[N+]([O-])c1ccc(/C=N/N=C/c2ccccn2)cc1. The van der Waals surface area contributed by atoms with Gasteiger partial charge in [0.15, 0.2) is 0 Å². The highest BCUT2D eigenvalue weighted by Crippen LogP contribution is 2.10. The summed E-state index contributed by atoms with van der Waals surface area (Å²) in [6.07, 6.45) is 4.71. The van der Waals surface area contributed by atoms with Crippen molar-refractivity contribution >= 4 is 18.1 Å². The van der Waals surface area contributed by atoms with E-state index < -0.39 is 4.92 Å². The Labute approximate surface area is 109 Å². The number of rotatable bonds is 4. The lowest BCUT2D eigenvalue weighted by atomic mass is 10.2. The molecule has 6 heteroatoms. The average molecular weight is 254 g/mol. The van der Waals surface area contributed by atoms with Gasteiger partial charge in [0, 0.05) is 18.3 Å². The van der Waals surface area contributed by atoms with Gasteiger partial charge in [0.05, 0.1) is 23.0 Å². The summed E-state index contributed by atoms with van der Waals surface area (Å²) in [6, 6.07) is 11.5. The number of non-ortho nitro benzene ring substituents is 1. The molecule has 0 aliphatic heterocycles. The molecule has 0 aliphatic carbocycles. The summed E-state index contributed by atoms with van der Waals surface area (Å²) < 4.78 is 0. The molecular weight excluding hydrogens is 244 g/mol. The van der Waals surface area contributed by atoms with Gasteiger partial charge < -0.3 is 0 Å². The molecular formula is C13H10N4O2. The van der Waals surface area contributed by atoms with Gasteiger partial charge in [0.2, 0.25) is 0 Å². The molecule has 0 bridgehead atoms. The van der Waals surface area contributed by atoms with Crippen LogP contribution >= 0.6 is 0 Å². The number of hydrogen-bond acceptors (Lipinski definition) is 5. The fraction of sp³-hybridized carbons (Fsp3) is 0. The van der Waals surface area contributed by atoms with Crippen molar-refractivity contribution in [2.75, 3.05) is 0 Å². The average Bonchev–Trinajstić information content (AvgIpc) is 2.45. The van der Waals surface area contributed by atoms with E-state index in [-0.39, 0.29) is 5.69 Å². The lowest BCUT2D eigenvalue weighted by Gasteiger charge is -1.91. The Balaban J connectivity index is 1.99. The minimum Gasteiger partial charge on any atom is -0.258 e. The van der Waals surface area contributed by atoms with E-state index in [1.54, 1.807) is 18.3 Å². The third kappa shape index (κ3) is 3.81. The van der Waals surface area contributed by atoms with Crippen LogP contribution in [0.4, 0.5) is 5.69 Å². The lowest BCUT2D eigenvalue weighted by Crippen LogP contribution is -1.88. The second-order valence-electron chi connectivity index (χ2n) is 3.59. The molecule has 0 atom stereocenters. The molecule has 0 saturated carbocycles. The van der Waals surface area contributed by atoms with Gasteiger partial charge in [-0.3, -0.25) is 15.1 Å². The molecule has 0 aliphatic rings. The fourth-order valence-corrected chi connectivity index (χ4v) is 1.33. The summed E-state index contributed by atoms with van der Waals surface area (Å²) >= 11 is 0. The Bertz CT molecular complexity index is 606. The van der Waals surface area contributed by atoms with Crippen LogP contribution in [-0.4, -0.2) is 22.3 Å². The van der Waals surface area contributed by atoms with Crippen molar-refractivity contribution in [2.24, 2.45) is 10.2 Å². The van der Waals surface area contributed by atoms with E-state index in [2.05, 4.69) is 15.2 Å². The molecule has 0 spiro atoms. The standard InChI is InChI=1S/C13H10N4O2/c18-17(19)13-6-4-11(5-7-13)9-15-16-10-12-3-1-2-8-14-12/h1-10H/b15-9+,16-10+. The topological polar surface area (TPSA) is 80.8 Å². The van der Waals surface area contributed by atoms with Gasteiger partial charge in [0.1, 0.15) is 0 Å². The molecule has 0 amide bonds. The molecule has 2 aromatic rings. The normalized spacial score (nSPS) is 11.2. The van der Waals surface area contributed by atoms with Gasteiger partial charge in [-0.15, -0.1) is 0 Å². The van der Waals surface area contributed by atoms with Crippen molar-refractivity contribution in [1.82, 2.24) is 4.98 Å². The van der Waals surface area contributed by atoms with E-state index in [4.69, 9.17) is 0 Å². The smallest absolute Gasteiger partial charge is 0.258 e. The van der Waals surface area contributed by atoms with Gasteiger partial charge in [-0.2, -0.15) is 10.2 Å². The second-order valence-corrected chi connectivity index (χ2v) is 3.59. The van der Waals surface area contributed by atoms with Crippen molar-refractivity contribution in [3.8, 4) is 0 Å². The molecule has 0 N–H and O–H groups in total. The van der Waals surface area contributed by atoms with E-state index in [0.29, 0.717) is 5.69 Å². The zero-order valence-corrected chi connectivity index (χ0v) is 9.88. The third-order valence-corrected chi connectivity index (χ3v) is 2.26. The first kappa shape index (κ1) is 12.6. The first-order chi connectivity index (χ1) is 9.25. The quantitative estimate of drug-likeness (QED) is 0.477. The number of benzene rings is 1. The van der Waals surface area contributed by atoms with E-state index in [0.717, 1.165) is 5.56 Å². The number of hydrogen-bond donors (Lipinski definition) is 0. The summed E-state index contributed by atoms with van der Waals surface area (Å²) in [7, 11) is 0. The summed E-state index contributed by atoms with van der Waals surface area (Å²) in [4.78, 5) is 14.1. The van der Waals surface area contributed by atoms with Crippen molar-refractivity contribution in [3.05, 3.63) is 70.0 Å². The zero-order chi connectivity index (χ0) is 13.5. The van der Waals surface area contributed by atoms with Crippen LogP contribution < -0.4 is 0 Å². The maximum absolute atomic E-state index is 10.5. The third-order valence-electron chi connectivity index (χ3n) is 2.26. The van der Waals surface area contributed by atoms with Crippen molar-refractivity contribution in [3.63, 3.8) is 0 Å². The molecule has 1 aromatic heterocycles. The minimum absolute atomic E-state index is 0.0501. The van der Waals surface area contributed by atoms with Crippen LogP contribution in [0, 0.1) is 10.1 Å². The van der Waals surface area contributed by atoms with Crippen LogP contribution in [0.15, 0.2) is 58.9 Å². The van der Waals surface area contributed by atoms with Crippen LogP contribution in [0.5, 0.6) is 0 Å². The van der Waals surface area contributed by atoms with E-state index in [9.17, 15) is 10.1 Å². The van der Waals surface area contributed by atoms with Crippen LogP contribution in [-0.2, 0) is 0 Å². The van der Waals surface area contributed by atoms with E-state index in [1.807, 2.05) is 18.2 Å². The van der Waals surface area contributed by atoms with Crippen LogP contribution in [0.3, 0.4) is 0 Å². The van der Waals surface area contributed by atoms with Crippen molar-refractivity contribution in [2.45, 2.75) is 0 Å². The molecule has 1 heterocycles. The number of aromatic nitrogens is 1. The number of nitro benzene ring substituents is 1. The van der Waals surface area contributed by atoms with Gasteiger partial charge in [-0.1, -0.05) is 6.07 Å². The van der Waals surface area contributed by atoms with Crippen LogP contribution in [0.25, 0.3) is 0 Å². The molecule has 0 saturated heterocycles. The maximum Gasteiger partial charge on any atom is 0.269 e. The first-order valence-electron chi connectivity index (χ1n) is 5.47. The maximum atomic E-state index is 10.5. The zero-order valence-electron chi connectivity index (χ0n) is 9.88. The molecule has 94 valence electrons. The predicted molar refractivity (Wildman–Crippen MR) is 72.5 cm³/mol. The second kappa shape index (κ2) is 6.15. The largest absolute Gasteiger partial charge is 0.269 e. The Hall–Kier alpha value is -2.89. The van der Waals surface area contributed by atoms with Crippen LogP contribution in [0.1, 0.15) is 11.3 Å². The molecule has 6 nitrogen and oxygen atoms in total. The number of nitrogens with zero attached hydrogens (tertiary/aromatic N) is 4. The van der Waals surface area contributed by atoms with Gasteiger partial charge in [0.25, 0.3) is 5.69 Å². The number of pyridine rings is 1. The molecule has 0 fully saturated rings. The lowest BCUT2D eigenvalue weighted by molar-refractivity contribution is -0.384. The van der Waals surface area contributed by atoms with Gasteiger partial charge in [-0.05, 0) is 29.8 Å². The summed E-state index contributed by atoms with van der Waals surface area (Å²) in [5, 5.41) is 18.2. The Morgan fingerprint density at radius 2 is 1.79 bits per heavy atom. The highest BCUT2D eigenvalue weighted by Gasteiger charge is 2.02. The van der Waals surface area contributed by atoms with Crippen molar-refractivity contribution in [1.29, 1.82) is 0 Å². The summed E-state index contributed by atoms with van der Waals surface area (Å²) in [5.74, 6) is 0. The van der Waals surface area contributed by atoms with Gasteiger partial charge >= 0.3 is 0 Å². The molecule has 0 radical (unpaired) electrons. The molecule has 1 aromatic carbocycles. The molecule has 2 rings (SSSR count). The number of nitro groups is 1. The predicted octanol–water partition coefficient (Wildman–Crippen LogP) is 2.44. The highest BCUT2D eigenvalue weighted by atomic mass is 16.6. The van der Waals surface area contributed by atoms with Crippen LogP contribution in [0.2, 0.25) is 0 Å². The minimum atomic E-state index is -0.444. The van der Waals surface area contributed by atoms with E-state index >= 15 is 0 Å². The highest BCUT2D eigenvalue weighted by molar-refractivity contribution is 5.81. The first-order valence-corrected chi connectivity index (χ1v) is 5.47. The van der Waals surface area contributed by atoms with E-state index in [1.165, 1.54) is 24.6 Å². The monoisotopic (exact) mass is 254 g/mol. The molecule has 19 heavy (non-hydrogen) atoms. The van der Waals surface area contributed by atoms with Crippen molar-refractivity contribution < 1.29 is 4.92 Å². The molecule has 0 unspecified atom stereocenters. The van der Waals surface area contributed by atoms with Gasteiger partial charge in [-0.25, -0.2) is 0 Å². The Morgan fingerprint density at radius 3 is 2.42 bits per heavy atom.